The van der Waals surface area contributed by atoms with Gasteiger partial charge in [0, 0.05) is 24.9 Å². The van der Waals surface area contributed by atoms with Crippen molar-refractivity contribution in [3.63, 3.8) is 0 Å². The van der Waals surface area contributed by atoms with E-state index >= 15 is 0 Å². The molecule has 0 N–H and O–H groups in total. The van der Waals surface area contributed by atoms with Crippen LogP contribution in [0, 0.1) is 6.92 Å². The normalized spacial score (nSPS) is 25.6. The summed E-state index contributed by atoms with van der Waals surface area (Å²) in [6.45, 7) is 6.63. The molecule has 24 heavy (non-hydrogen) atoms. The van der Waals surface area contributed by atoms with Crippen LogP contribution >= 0.6 is 0 Å². The molecule has 3 heterocycles. The lowest BCUT2D eigenvalue weighted by atomic mass is 9.96. The Morgan fingerprint density at radius 1 is 1.33 bits per heavy atom. The third-order valence-electron chi connectivity index (χ3n) is 5.13. The van der Waals surface area contributed by atoms with Gasteiger partial charge in [-0.2, -0.15) is 4.98 Å². The van der Waals surface area contributed by atoms with Gasteiger partial charge in [0.05, 0.1) is 11.6 Å². The summed E-state index contributed by atoms with van der Waals surface area (Å²) in [5, 5.41) is 4.01. The number of nitrogens with zero attached hydrogens (tertiary/aromatic N) is 3. The first kappa shape index (κ1) is 15.2. The molecule has 1 aromatic heterocycles. The Hall–Kier alpha value is -2.37. The molecule has 2 aromatic rings. The van der Waals surface area contributed by atoms with Crippen LogP contribution in [0.25, 0.3) is 0 Å². The van der Waals surface area contributed by atoms with Crippen molar-refractivity contribution in [1.82, 2.24) is 15.0 Å². The van der Waals surface area contributed by atoms with Crippen LogP contribution in [0.3, 0.4) is 0 Å². The minimum atomic E-state index is -0.123. The number of hydrogen-bond acceptors (Lipinski definition) is 5. The van der Waals surface area contributed by atoms with E-state index in [-0.39, 0.29) is 18.1 Å². The van der Waals surface area contributed by atoms with Gasteiger partial charge >= 0.3 is 0 Å². The van der Waals surface area contributed by atoms with Gasteiger partial charge in [-0.05, 0) is 25.8 Å². The van der Waals surface area contributed by atoms with E-state index in [4.69, 9.17) is 9.26 Å². The Labute approximate surface area is 140 Å². The quantitative estimate of drug-likeness (QED) is 0.847. The molecule has 6 heteroatoms. The molecule has 4 rings (SSSR count). The molecule has 1 saturated heterocycles. The molecular formula is C18H21N3O3. The van der Waals surface area contributed by atoms with Crippen molar-refractivity contribution in [1.29, 1.82) is 0 Å². The maximum Gasteiger partial charge on any atom is 0.258 e. The number of fused-ring (bicyclic) bond motifs is 1. The number of ether oxygens (including phenoxy) is 1. The maximum atomic E-state index is 13.2. The van der Waals surface area contributed by atoms with Crippen LogP contribution in [0.1, 0.15) is 66.3 Å². The van der Waals surface area contributed by atoms with Gasteiger partial charge in [0.25, 0.3) is 5.91 Å². The first-order chi connectivity index (χ1) is 11.6. The number of carbonyl (C=O) groups is 1. The highest BCUT2D eigenvalue weighted by Crippen LogP contribution is 2.42. The molecule has 1 aromatic carbocycles. The summed E-state index contributed by atoms with van der Waals surface area (Å²) in [5.74, 6) is 2.13. The van der Waals surface area contributed by atoms with E-state index in [0.29, 0.717) is 29.7 Å². The first-order valence-corrected chi connectivity index (χ1v) is 8.47. The van der Waals surface area contributed by atoms with Crippen molar-refractivity contribution in [2.45, 2.75) is 51.7 Å². The SMILES string of the molecule is Cc1nc([C@@H]2CCCN2C(=O)c2cccc3c2O[C@@H](C)[C@H]3C)no1. The molecule has 1 fully saturated rings. The van der Waals surface area contributed by atoms with Crippen LogP contribution in [0.2, 0.25) is 0 Å². The van der Waals surface area contributed by atoms with Gasteiger partial charge in [-0.3, -0.25) is 4.79 Å². The molecule has 0 unspecified atom stereocenters. The highest BCUT2D eigenvalue weighted by atomic mass is 16.5. The highest BCUT2D eigenvalue weighted by molar-refractivity contribution is 5.98. The molecule has 0 spiro atoms. The average molecular weight is 327 g/mol. The summed E-state index contributed by atoms with van der Waals surface area (Å²) >= 11 is 0. The number of likely N-dealkylation sites (tertiary alicyclic amines) is 1. The monoisotopic (exact) mass is 327 g/mol. The lowest BCUT2D eigenvalue weighted by Crippen LogP contribution is -2.31. The number of aryl methyl sites for hydroxylation is 1. The maximum absolute atomic E-state index is 13.2. The average Bonchev–Trinajstić information content (AvgIpc) is 3.27. The van der Waals surface area contributed by atoms with Crippen LogP contribution in [-0.4, -0.2) is 33.6 Å². The minimum Gasteiger partial charge on any atom is -0.489 e. The Balaban J connectivity index is 1.67. The van der Waals surface area contributed by atoms with Gasteiger partial charge < -0.3 is 14.2 Å². The second kappa shape index (κ2) is 5.61. The second-order valence-corrected chi connectivity index (χ2v) is 6.66. The van der Waals surface area contributed by atoms with Gasteiger partial charge in [-0.25, -0.2) is 0 Å². The predicted molar refractivity (Wildman–Crippen MR) is 87.0 cm³/mol. The number of benzene rings is 1. The molecule has 0 radical (unpaired) electrons. The fourth-order valence-electron chi connectivity index (χ4n) is 3.64. The zero-order valence-electron chi connectivity index (χ0n) is 14.2. The zero-order valence-corrected chi connectivity index (χ0v) is 14.2. The molecule has 0 aliphatic carbocycles. The minimum absolute atomic E-state index is 0.0156. The molecule has 0 saturated carbocycles. The van der Waals surface area contributed by atoms with E-state index in [1.54, 1.807) is 6.92 Å². The van der Waals surface area contributed by atoms with E-state index in [1.165, 1.54) is 0 Å². The smallest absolute Gasteiger partial charge is 0.258 e. The number of carbonyl (C=O) groups excluding carboxylic acids is 1. The molecule has 0 bridgehead atoms. The molecule has 1 amide bonds. The largest absolute Gasteiger partial charge is 0.489 e. The fraction of sp³-hybridized carbons (Fsp3) is 0.500. The Morgan fingerprint density at radius 3 is 2.92 bits per heavy atom. The van der Waals surface area contributed by atoms with Gasteiger partial charge in [-0.1, -0.05) is 24.2 Å². The van der Waals surface area contributed by atoms with E-state index in [0.717, 1.165) is 24.2 Å². The molecule has 6 nitrogen and oxygen atoms in total. The number of hydrogen-bond donors (Lipinski definition) is 0. The summed E-state index contributed by atoms with van der Waals surface area (Å²) in [6.07, 6.45) is 1.88. The van der Waals surface area contributed by atoms with Crippen molar-refractivity contribution in [2.24, 2.45) is 0 Å². The Kier molecular flexibility index (Phi) is 3.55. The standard InChI is InChI=1S/C18H21N3O3/c1-10-11(2)23-16-13(10)6-4-7-14(16)18(22)21-9-5-8-15(21)17-19-12(3)24-20-17/h4,6-7,10-11,15H,5,8-9H2,1-3H3/t10-,11+,15+/m1/s1. The highest BCUT2D eigenvalue weighted by Gasteiger charge is 2.37. The Bertz CT molecular complexity index is 786. The molecule has 2 aliphatic heterocycles. The number of amides is 1. The van der Waals surface area contributed by atoms with Crippen molar-refractivity contribution in [3.05, 3.63) is 41.0 Å². The van der Waals surface area contributed by atoms with Crippen molar-refractivity contribution in [2.75, 3.05) is 6.54 Å². The second-order valence-electron chi connectivity index (χ2n) is 6.66. The lowest BCUT2D eigenvalue weighted by molar-refractivity contribution is 0.0723. The molecular weight excluding hydrogens is 306 g/mol. The van der Waals surface area contributed by atoms with E-state index in [9.17, 15) is 4.79 Å². The van der Waals surface area contributed by atoms with E-state index in [2.05, 4.69) is 17.1 Å². The third kappa shape index (κ3) is 2.28. The van der Waals surface area contributed by atoms with Gasteiger partial charge in [-0.15, -0.1) is 0 Å². The first-order valence-electron chi connectivity index (χ1n) is 8.47. The topological polar surface area (TPSA) is 68.5 Å². The predicted octanol–water partition coefficient (Wildman–Crippen LogP) is 3.24. The summed E-state index contributed by atoms with van der Waals surface area (Å²) in [5.41, 5.74) is 1.75. The molecule has 2 aliphatic rings. The summed E-state index contributed by atoms with van der Waals surface area (Å²) in [4.78, 5) is 19.3. The van der Waals surface area contributed by atoms with Crippen molar-refractivity contribution in [3.8, 4) is 5.75 Å². The van der Waals surface area contributed by atoms with Crippen molar-refractivity contribution >= 4 is 5.91 Å². The lowest BCUT2D eigenvalue weighted by Gasteiger charge is -2.23. The van der Waals surface area contributed by atoms with Gasteiger partial charge in [0.1, 0.15) is 11.9 Å². The van der Waals surface area contributed by atoms with Gasteiger partial charge in [0.15, 0.2) is 5.82 Å². The fourth-order valence-corrected chi connectivity index (χ4v) is 3.64. The van der Waals surface area contributed by atoms with E-state index in [1.807, 2.05) is 30.0 Å². The summed E-state index contributed by atoms with van der Waals surface area (Å²) in [6, 6.07) is 5.71. The number of rotatable bonds is 2. The van der Waals surface area contributed by atoms with Gasteiger partial charge in [0.2, 0.25) is 5.89 Å². The van der Waals surface area contributed by atoms with Crippen LogP contribution < -0.4 is 4.74 Å². The van der Waals surface area contributed by atoms with Crippen LogP contribution in [0.4, 0.5) is 0 Å². The van der Waals surface area contributed by atoms with Crippen LogP contribution in [-0.2, 0) is 0 Å². The van der Waals surface area contributed by atoms with E-state index < -0.39 is 0 Å². The molecule has 3 atom stereocenters. The van der Waals surface area contributed by atoms with Crippen LogP contribution in [0.5, 0.6) is 5.75 Å². The third-order valence-corrected chi connectivity index (χ3v) is 5.13. The zero-order chi connectivity index (χ0) is 16.8. The summed E-state index contributed by atoms with van der Waals surface area (Å²) < 4.78 is 11.1. The molecule has 126 valence electrons. The summed E-state index contributed by atoms with van der Waals surface area (Å²) in [7, 11) is 0. The number of para-hydroxylation sites is 1. The number of aromatic nitrogens is 2. The van der Waals surface area contributed by atoms with Crippen molar-refractivity contribution < 1.29 is 14.1 Å². The Morgan fingerprint density at radius 2 is 2.17 bits per heavy atom. The van der Waals surface area contributed by atoms with Crippen LogP contribution in [0.15, 0.2) is 22.7 Å².